The van der Waals surface area contributed by atoms with E-state index in [4.69, 9.17) is 5.73 Å². The molecule has 0 aliphatic rings. The number of nitrogens with zero attached hydrogens (tertiary/aromatic N) is 2. The number of rotatable bonds is 4. The second kappa shape index (κ2) is 4.79. The van der Waals surface area contributed by atoms with E-state index < -0.39 is 0 Å². The van der Waals surface area contributed by atoms with Gasteiger partial charge in [-0.25, -0.2) is 9.97 Å². The first-order valence-corrected chi connectivity index (χ1v) is 4.01. The van der Waals surface area contributed by atoms with Gasteiger partial charge < -0.3 is 11.1 Å². The molecule has 0 radical (unpaired) electrons. The Morgan fingerprint density at radius 1 is 1.42 bits per heavy atom. The fraction of sp³-hybridized carbons (Fsp3) is 0.500. The van der Waals surface area contributed by atoms with Crippen molar-refractivity contribution in [1.82, 2.24) is 15.3 Å². The van der Waals surface area contributed by atoms with Crippen molar-refractivity contribution in [2.75, 3.05) is 13.1 Å². The van der Waals surface area contributed by atoms with E-state index in [1.807, 2.05) is 19.3 Å². The van der Waals surface area contributed by atoms with Crippen molar-refractivity contribution >= 4 is 0 Å². The van der Waals surface area contributed by atoms with E-state index >= 15 is 0 Å². The highest BCUT2D eigenvalue weighted by Crippen LogP contribution is 1.93. The summed E-state index contributed by atoms with van der Waals surface area (Å²) < 4.78 is 0. The topological polar surface area (TPSA) is 63.8 Å². The zero-order chi connectivity index (χ0) is 8.81. The van der Waals surface area contributed by atoms with Crippen LogP contribution in [0.3, 0.4) is 0 Å². The lowest BCUT2D eigenvalue weighted by Crippen LogP contribution is -2.22. The molecule has 0 amide bonds. The molecule has 12 heavy (non-hydrogen) atoms. The third-order valence-corrected chi connectivity index (χ3v) is 1.48. The second-order valence-electron chi connectivity index (χ2n) is 2.60. The molecule has 0 unspecified atom stereocenters. The third-order valence-electron chi connectivity index (χ3n) is 1.48. The van der Waals surface area contributed by atoms with Crippen molar-refractivity contribution in [3.05, 3.63) is 23.8 Å². The standard InChI is InChI=1S/C8H14N4/c1-7-11-5-8(6-12-7)4-10-3-2-9/h5-6,10H,2-4,9H2,1H3. The van der Waals surface area contributed by atoms with Gasteiger partial charge in [-0.1, -0.05) is 0 Å². The molecule has 1 aromatic heterocycles. The summed E-state index contributed by atoms with van der Waals surface area (Å²) in [6.07, 6.45) is 3.65. The predicted molar refractivity (Wildman–Crippen MR) is 47.5 cm³/mol. The van der Waals surface area contributed by atoms with Crippen LogP contribution in [0.15, 0.2) is 12.4 Å². The van der Waals surface area contributed by atoms with Crippen LogP contribution in [0.25, 0.3) is 0 Å². The molecule has 0 atom stereocenters. The largest absolute Gasteiger partial charge is 0.329 e. The van der Waals surface area contributed by atoms with Crippen LogP contribution in [0.2, 0.25) is 0 Å². The molecule has 4 nitrogen and oxygen atoms in total. The van der Waals surface area contributed by atoms with Gasteiger partial charge in [-0.15, -0.1) is 0 Å². The van der Waals surface area contributed by atoms with Crippen molar-refractivity contribution in [1.29, 1.82) is 0 Å². The normalized spacial score (nSPS) is 10.2. The van der Waals surface area contributed by atoms with Gasteiger partial charge in [0.2, 0.25) is 0 Å². The van der Waals surface area contributed by atoms with Crippen LogP contribution >= 0.6 is 0 Å². The van der Waals surface area contributed by atoms with Gasteiger partial charge in [0.1, 0.15) is 5.82 Å². The number of nitrogens with one attached hydrogen (secondary N) is 1. The van der Waals surface area contributed by atoms with Gasteiger partial charge in [0.05, 0.1) is 0 Å². The van der Waals surface area contributed by atoms with Crippen LogP contribution < -0.4 is 11.1 Å². The van der Waals surface area contributed by atoms with Crippen molar-refractivity contribution in [3.63, 3.8) is 0 Å². The van der Waals surface area contributed by atoms with E-state index in [0.29, 0.717) is 6.54 Å². The lowest BCUT2D eigenvalue weighted by molar-refractivity contribution is 0.689. The minimum Gasteiger partial charge on any atom is -0.329 e. The summed E-state index contributed by atoms with van der Waals surface area (Å²) in [6.45, 7) is 4.15. The molecule has 0 spiro atoms. The lowest BCUT2D eigenvalue weighted by Gasteiger charge is -2.01. The zero-order valence-corrected chi connectivity index (χ0v) is 7.25. The van der Waals surface area contributed by atoms with Gasteiger partial charge in [0, 0.05) is 37.6 Å². The molecule has 1 heterocycles. The van der Waals surface area contributed by atoms with Crippen LogP contribution in [-0.4, -0.2) is 23.1 Å². The minimum atomic E-state index is 0.659. The van der Waals surface area contributed by atoms with Gasteiger partial charge in [-0.05, 0) is 6.92 Å². The number of aromatic nitrogens is 2. The first-order chi connectivity index (χ1) is 5.83. The van der Waals surface area contributed by atoms with Gasteiger partial charge in [-0.2, -0.15) is 0 Å². The highest BCUT2D eigenvalue weighted by atomic mass is 14.9. The highest BCUT2D eigenvalue weighted by molar-refractivity contribution is 5.03. The Balaban J connectivity index is 2.37. The van der Waals surface area contributed by atoms with Crippen LogP contribution in [0, 0.1) is 6.92 Å². The van der Waals surface area contributed by atoms with E-state index in [2.05, 4.69) is 15.3 Å². The molecule has 0 fully saturated rings. The molecule has 0 aromatic carbocycles. The molecule has 3 N–H and O–H groups in total. The Kier molecular flexibility index (Phi) is 3.63. The highest BCUT2D eigenvalue weighted by Gasteiger charge is 1.92. The average Bonchev–Trinajstić information content (AvgIpc) is 2.09. The summed E-state index contributed by atoms with van der Waals surface area (Å²) >= 11 is 0. The number of hydrogen-bond donors (Lipinski definition) is 2. The summed E-state index contributed by atoms with van der Waals surface area (Å²) in [5.41, 5.74) is 6.41. The smallest absolute Gasteiger partial charge is 0.125 e. The first-order valence-electron chi connectivity index (χ1n) is 4.01. The predicted octanol–water partition coefficient (Wildman–Crippen LogP) is -0.167. The monoisotopic (exact) mass is 166 g/mol. The first kappa shape index (κ1) is 9.09. The number of nitrogens with two attached hydrogens (primary N) is 1. The number of aryl methyl sites for hydroxylation is 1. The SMILES string of the molecule is Cc1ncc(CNCCN)cn1. The average molecular weight is 166 g/mol. The molecular formula is C8H14N4. The molecule has 66 valence electrons. The Labute approximate surface area is 72.2 Å². The lowest BCUT2D eigenvalue weighted by atomic mass is 10.3. The Morgan fingerprint density at radius 3 is 2.67 bits per heavy atom. The van der Waals surface area contributed by atoms with Crippen LogP contribution in [0.1, 0.15) is 11.4 Å². The van der Waals surface area contributed by atoms with Gasteiger partial charge >= 0.3 is 0 Å². The molecule has 4 heteroatoms. The summed E-state index contributed by atoms with van der Waals surface area (Å²) in [5.74, 6) is 0.803. The molecule has 0 saturated carbocycles. The molecule has 0 saturated heterocycles. The summed E-state index contributed by atoms with van der Waals surface area (Å²) in [6, 6.07) is 0. The van der Waals surface area contributed by atoms with Gasteiger partial charge in [-0.3, -0.25) is 0 Å². The second-order valence-corrected chi connectivity index (χ2v) is 2.60. The van der Waals surface area contributed by atoms with Gasteiger partial charge in [0.15, 0.2) is 0 Å². The Bertz CT molecular complexity index is 219. The van der Waals surface area contributed by atoms with Crippen LogP contribution in [-0.2, 0) is 6.54 Å². The Hall–Kier alpha value is -1.00. The summed E-state index contributed by atoms with van der Waals surface area (Å²) in [4.78, 5) is 8.15. The van der Waals surface area contributed by atoms with E-state index in [1.54, 1.807) is 0 Å². The van der Waals surface area contributed by atoms with Gasteiger partial charge in [0.25, 0.3) is 0 Å². The fourth-order valence-corrected chi connectivity index (χ4v) is 0.845. The van der Waals surface area contributed by atoms with Crippen molar-refractivity contribution < 1.29 is 0 Å². The van der Waals surface area contributed by atoms with Crippen LogP contribution in [0.4, 0.5) is 0 Å². The molecule has 0 aliphatic carbocycles. The maximum absolute atomic E-state index is 5.32. The van der Waals surface area contributed by atoms with E-state index in [-0.39, 0.29) is 0 Å². The zero-order valence-electron chi connectivity index (χ0n) is 7.25. The quantitative estimate of drug-likeness (QED) is 0.610. The van der Waals surface area contributed by atoms with Crippen molar-refractivity contribution in [3.8, 4) is 0 Å². The third kappa shape index (κ3) is 2.94. The van der Waals surface area contributed by atoms with E-state index in [9.17, 15) is 0 Å². The minimum absolute atomic E-state index is 0.659. The van der Waals surface area contributed by atoms with E-state index in [0.717, 1.165) is 24.5 Å². The number of hydrogen-bond acceptors (Lipinski definition) is 4. The van der Waals surface area contributed by atoms with Crippen LogP contribution in [0.5, 0.6) is 0 Å². The molecule has 0 aliphatic heterocycles. The summed E-state index contributed by atoms with van der Waals surface area (Å²) in [5, 5.41) is 3.17. The van der Waals surface area contributed by atoms with Crippen molar-refractivity contribution in [2.45, 2.75) is 13.5 Å². The van der Waals surface area contributed by atoms with Crippen molar-refractivity contribution in [2.24, 2.45) is 5.73 Å². The molecule has 1 rings (SSSR count). The maximum atomic E-state index is 5.32. The molecule has 0 bridgehead atoms. The fourth-order valence-electron chi connectivity index (χ4n) is 0.845. The van der Waals surface area contributed by atoms with E-state index in [1.165, 1.54) is 0 Å². The molecule has 1 aromatic rings. The molecular weight excluding hydrogens is 152 g/mol. The summed E-state index contributed by atoms with van der Waals surface area (Å²) in [7, 11) is 0. The Morgan fingerprint density at radius 2 is 2.08 bits per heavy atom. The maximum Gasteiger partial charge on any atom is 0.125 e.